The van der Waals surface area contributed by atoms with Gasteiger partial charge in [0.25, 0.3) is 5.91 Å². The Bertz CT molecular complexity index is 798. The highest BCUT2D eigenvalue weighted by atomic mass is 16.3. The molecule has 0 atom stereocenters. The Labute approximate surface area is 134 Å². The monoisotopic (exact) mass is 307 g/mol. The maximum atomic E-state index is 12.6. The summed E-state index contributed by atoms with van der Waals surface area (Å²) in [6, 6.07) is 12.9. The molecule has 0 unspecified atom stereocenters. The first kappa shape index (κ1) is 15.0. The van der Waals surface area contributed by atoms with Gasteiger partial charge in [-0.25, -0.2) is 4.98 Å². The summed E-state index contributed by atoms with van der Waals surface area (Å²) in [5.41, 5.74) is 2.83. The number of pyridine rings is 2. The number of carbonyl (C=O) groups excluding carboxylic acids is 1. The lowest BCUT2D eigenvalue weighted by atomic mass is 10.1. The highest BCUT2D eigenvalue weighted by Gasteiger charge is 2.16. The number of furan rings is 1. The Hall–Kier alpha value is -2.95. The van der Waals surface area contributed by atoms with Crippen molar-refractivity contribution in [1.29, 1.82) is 0 Å². The second kappa shape index (κ2) is 6.44. The number of hydrogen-bond donors (Lipinski definition) is 0. The van der Waals surface area contributed by atoms with Crippen molar-refractivity contribution in [1.82, 2.24) is 14.9 Å². The Morgan fingerprint density at radius 3 is 2.70 bits per heavy atom. The number of amides is 1. The van der Waals surface area contributed by atoms with Crippen LogP contribution in [0.2, 0.25) is 0 Å². The van der Waals surface area contributed by atoms with Gasteiger partial charge in [0.1, 0.15) is 5.69 Å². The van der Waals surface area contributed by atoms with Crippen LogP contribution >= 0.6 is 0 Å². The van der Waals surface area contributed by atoms with Crippen LogP contribution in [0.5, 0.6) is 0 Å². The first-order valence-electron chi connectivity index (χ1n) is 7.32. The van der Waals surface area contributed by atoms with E-state index in [1.54, 1.807) is 36.5 Å². The SMILES string of the molecule is Cc1nc(-c2ccco2)ccc1C(=O)N(C)Cc1ccccn1. The quantitative estimate of drug-likeness (QED) is 0.742. The Kier molecular flexibility index (Phi) is 4.19. The number of nitrogens with zero attached hydrogens (tertiary/aromatic N) is 3. The smallest absolute Gasteiger partial charge is 0.255 e. The van der Waals surface area contributed by atoms with Crippen molar-refractivity contribution in [3.63, 3.8) is 0 Å². The van der Waals surface area contributed by atoms with Gasteiger partial charge >= 0.3 is 0 Å². The molecule has 0 saturated carbocycles. The van der Waals surface area contributed by atoms with Gasteiger partial charge < -0.3 is 9.32 Å². The molecule has 3 rings (SSSR count). The van der Waals surface area contributed by atoms with Crippen molar-refractivity contribution in [3.05, 3.63) is 71.9 Å². The van der Waals surface area contributed by atoms with Crippen LogP contribution in [0.1, 0.15) is 21.7 Å². The molecule has 0 aliphatic carbocycles. The van der Waals surface area contributed by atoms with Crippen molar-refractivity contribution in [2.45, 2.75) is 13.5 Å². The largest absolute Gasteiger partial charge is 0.463 e. The molecule has 0 fully saturated rings. The molecule has 0 spiro atoms. The summed E-state index contributed by atoms with van der Waals surface area (Å²) in [6.45, 7) is 2.29. The first-order valence-corrected chi connectivity index (χ1v) is 7.32. The summed E-state index contributed by atoms with van der Waals surface area (Å²) < 4.78 is 5.34. The minimum absolute atomic E-state index is 0.0772. The molecule has 0 saturated heterocycles. The van der Waals surface area contributed by atoms with Crippen LogP contribution in [0, 0.1) is 6.92 Å². The highest BCUT2D eigenvalue weighted by molar-refractivity contribution is 5.95. The minimum Gasteiger partial charge on any atom is -0.463 e. The van der Waals surface area contributed by atoms with E-state index in [1.807, 2.05) is 37.3 Å². The van der Waals surface area contributed by atoms with Crippen molar-refractivity contribution < 1.29 is 9.21 Å². The van der Waals surface area contributed by atoms with Crippen LogP contribution in [0.4, 0.5) is 0 Å². The third kappa shape index (κ3) is 3.29. The molecule has 1 amide bonds. The van der Waals surface area contributed by atoms with Gasteiger partial charge in [0.15, 0.2) is 5.76 Å². The molecule has 0 aliphatic rings. The molecule has 3 aromatic rings. The second-order valence-electron chi connectivity index (χ2n) is 5.29. The van der Waals surface area contributed by atoms with Gasteiger partial charge in [-0.2, -0.15) is 0 Å². The molecule has 5 heteroatoms. The van der Waals surface area contributed by atoms with E-state index in [9.17, 15) is 4.79 Å². The van der Waals surface area contributed by atoms with Crippen LogP contribution in [0.3, 0.4) is 0 Å². The van der Waals surface area contributed by atoms with E-state index in [1.165, 1.54) is 0 Å². The molecule has 23 heavy (non-hydrogen) atoms. The van der Waals surface area contributed by atoms with E-state index in [0.29, 0.717) is 23.6 Å². The van der Waals surface area contributed by atoms with E-state index < -0.39 is 0 Å². The Morgan fingerprint density at radius 1 is 1.17 bits per heavy atom. The number of hydrogen-bond acceptors (Lipinski definition) is 4. The Balaban J connectivity index is 1.79. The number of carbonyl (C=O) groups is 1. The summed E-state index contributed by atoms with van der Waals surface area (Å²) >= 11 is 0. The summed E-state index contributed by atoms with van der Waals surface area (Å²) in [5.74, 6) is 0.612. The average Bonchev–Trinajstić information content (AvgIpc) is 3.09. The van der Waals surface area contributed by atoms with Gasteiger partial charge in [0, 0.05) is 13.2 Å². The van der Waals surface area contributed by atoms with Gasteiger partial charge in [-0.1, -0.05) is 6.07 Å². The van der Waals surface area contributed by atoms with Crippen LogP contribution < -0.4 is 0 Å². The van der Waals surface area contributed by atoms with Crippen molar-refractivity contribution in [2.75, 3.05) is 7.05 Å². The van der Waals surface area contributed by atoms with Crippen molar-refractivity contribution in [3.8, 4) is 11.5 Å². The number of rotatable bonds is 4. The first-order chi connectivity index (χ1) is 11.1. The minimum atomic E-state index is -0.0772. The van der Waals surface area contributed by atoms with Crippen LogP contribution in [0.25, 0.3) is 11.5 Å². The molecule has 0 aromatic carbocycles. The fourth-order valence-corrected chi connectivity index (χ4v) is 2.36. The third-order valence-electron chi connectivity index (χ3n) is 3.56. The standard InChI is InChI=1S/C18H17N3O2/c1-13-15(8-9-16(20-13)17-7-5-11-23-17)18(22)21(2)12-14-6-3-4-10-19-14/h3-11H,12H2,1-2H3. The van der Waals surface area contributed by atoms with Crippen LogP contribution in [0.15, 0.2) is 59.3 Å². The van der Waals surface area contributed by atoms with Gasteiger partial charge in [-0.3, -0.25) is 9.78 Å². The summed E-state index contributed by atoms with van der Waals surface area (Å²) in [7, 11) is 1.76. The predicted octanol–water partition coefficient (Wildman–Crippen LogP) is 3.32. The van der Waals surface area contributed by atoms with E-state index >= 15 is 0 Å². The lowest BCUT2D eigenvalue weighted by Crippen LogP contribution is -2.27. The maximum absolute atomic E-state index is 12.6. The Morgan fingerprint density at radius 2 is 2.04 bits per heavy atom. The zero-order chi connectivity index (χ0) is 16.2. The molecule has 0 N–H and O–H groups in total. The summed E-state index contributed by atoms with van der Waals surface area (Å²) in [5, 5.41) is 0. The van der Waals surface area contributed by atoms with Crippen molar-refractivity contribution in [2.24, 2.45) is 0 Å². The number of aromatic nitrogens is 2. The molecular formula is C18H17N3O2. The zero-order valence-electron chi connectivity index (χ0n) is 13.1. The maximum Gasteiger partial charge on any atom is 0.255 e. The van der Waals surface area contributed by atoms with Gasteiger partial charge in [0.05, 0.1) is 29.8 Å². The fraction of sp³-hybridized carbons (Fsp3) is 0.167. The van der Waals surface area contributed by atoms with Gasteiger partial charge in [0.2, 0.25) is 0 Å². The predicted molar refractivity (Wildman–Crippen MR) is 86.7 cm³/mol. The van der Waals surface area contributed by atoms with Gasteiger partial charge in [-0.15, -0.1) is 0 Å². The molecule has 0 bridgehead atoms. The zero-order valence-corrected chi connectivity index (χ0v) is 13.1. The highest BCUT2D eigenvalue weighted by Crippen LogP contribution is 2.20. The molecule has 3 heterocycles. The average molecular weight is 307 g/mol. The van der Waals surface area contributed by atoms with E-state index in [-0.39, 0.29) is 5.91 Å². The molecule has 0 radical (unpaired) electrons. The topological polar surface area (TPSA) is 59.2 Å². The molecule has 116 valence electrons. The number of aryl methyl sites for hydroxylation is 1. The molecule has 3 aromatic heterocycles. The van der Waals surface area contributed by atoms with E-state index in [2.05, 4.69) is 9.97 Å². The van der Waals surface area contributed by atoms with Crippen LogP contribution in [-0.2, 0) is 6.54 Å². The van der Waals surface area contributed by atoms with E-state index in [0.717, 1.165) is 11.4 Å². The third-order valence-corrected chi connectivity index (χ3v) is 3.56. The fourth-order valence-electron chi connectivity index (χ4n) is 2.36. The normalized spacial score (nSPS) is 10.5. The van der Waals surface area contributed by atoms with Crippen molar-refractivity contribution >= 4 is 5.91 Å². The lowest BCUT2D eigenvalue weighted by Gasteiger charge is -2.17. The summed E-state index contributed by atoms with van der Waals surface area (Å²) in [6.07, 6.45) is 3.32. The van der Waals surface area contributed by atoms with Gasteiger partial charge in [-0.05, 0) is 43.3 Å². The second-order valence-corrected chi connectivity index (χ2v) is 5.29. The lowest BCUT2D eigenvalue weighted by molar-refractivity contribution is 0.0782. The molecular weight excluding hydrogens is 290 g/mol. The van der Waals surface area contributed by atoms with Crippen LogP contribution in [-0.4, -0.2) is 27.8 Å². The van der Waals surface area contributed by atoms with E-state index in [4.69, 9.17) is 4.42 Å². The molecule has 0 aliphatic heterocycles. The summed E-state index contributed by atoms with van der Waals surface area (Å²) in [4.78, 5) is 23.0. The molecule has 5 nitrogen and oxygen atoms in total.